The molecule has 5 nitrogen and oxygen atoms in total. The fourth-order valence-electron chi connectivity index (χ4n) is 1.87. The fraction of sp³-hybridized carbons (Fsp3) is 0. The number of hydrazine groups is 1. The van der Waals surface area contributed by atoms with Gasteiger partial charge in [-0.3, -0.25) is 0 Å². The molecule has 94 valence electrons. The van der Waals surface area contributed by atoms with Gasteiger partial charge in [0.05, 0.1) is 0 Å². The second-order valence-corrected chi connectivity index (χ2v) is 3.97. The van der Waals surface area contributed by atoms with Crippen molar-refractivity contribution in [3.05, 3.63) is 54.9 Å². The Morgan fingerprint density at radius 1 is 1.00 bits per heavy atom. The third-order valence-electron chi connectivity index (χ3n) is 2.75. The highest BCUT2D eigenvalue weighted by molar-refractivity contribution is 5.88. The number of nitrogens with one attached hydrogen (secondary N) is 1. The predicted molar refractivity (Wildman–Crippen MR) is 73.9 cm³/mol. The number of hydrogen-bond donors (Lipinski definition) is 2. The summed E-state index contributed by atoms with van der Waals surface area (Å²) in [5.74, 6) is 7.01. The highest BCUT2D eigenvalue weighted by Gasteiger charge is 2.04. The topological polar surface area (TPSA) is 73.1 Å². The molecule has 0 unspecified atom stereocenters. The molecule has 0 spiro atoms. The Balaban J connectivity index is 2.01. The Hall–Kier alpha value is -2.66. The zero-order valence-corrected chi connectivity index (χ0v) is 10.1. The van der Waals surface area contributed by atoms with Crippen molar-refractivity contribution in [2.45, 2.75) is 0 Å². The van der Waals surface area contributed by atoms with Crippen molar-refractivity contribution in [3.8, 4) is 11.6 Å². The number of hydrogen-bond acceptors (Lipinski definition) is 5. The summed E-state index contributed by atoms with van der Waals surface area (Å²) in [6, 6.07) is 15.5. The van der Waals surface area contributed by atoms with E-state index in [9.17, 15) is 0 Å². The summed E-state index contributed by atoms with van der Waals surface area (Å²) in [6.45, 7) is 0. The van der Waals surface area contributed by atoms with E-state index in [1.165, 1.54) is 6.33 Å². The number of nitrogens with zero attached hydrogens (tertiary/aromatic N) is 2. The minimum atomic E-state index is 0.444. The first-order valence-corrected chi connectivity index (χ1v) is 5.81. The summed E-state index contributed by atoms with van der Waals surface area (Å²) in [7, 11) is 0. The van der Waals surface area contributed by atoms with E-state index in [2.05, 4.69) is 15.4 Å². The number of nitrogen functional groups attached to an aromatic ring is 1. The van der Waals surface area contributed by atoms with Crippen molar-refractivity contribution >= 4 is 16.6 Å². The largest absolute Gasteiger partial charge is 0.438 e. The lowest BCUT2D eigenvalue weighted by Crippen LogP contribution is -2.08. The van der Waals surface area contributed by atoms with Gasteiger partial charge in [0.1, 0.15) is 17.9 Å². The second kappa shape index (κ2) is 4.91. The van der Waals surface area contributed by atoms with E-state index >= 15 is 0 Å². The maximum absolute atomic E-state index is 5.79. The van der Waals surface area contributed by atoms with Gasteiger partial charge in [-0.05, 0) is 11.5 Å². The smallest absolute Gasteiger partial charge is 0.224 e. The van der Waals surface area contributed by atoms with Gasteiger partial charge in [-0.2, -0.15) is 0 Å². The molecule has 0 atom stereocenters. The quantitative estimate of drug-likeness (QED) is 0.554. The minimum Gasteiger partial charge on any atom is -0.438 e. The molecule has 0 fully saturated rings. The number of benzene rings is 2. The van der Waals surface area contributed by atoms with E-state index in [0.717, 1.165) is 16.5 Å². The fourth-order valence-corrected chi connectivity index (χ4v) is 1.87. The number of anilines is 1. The van der Waals surface area contributed by atoms with Crippen molar-refractivity contribution in [3.63, 3.8) is 0 Å². The Morgan fingerprint density at radius 2 is 1.84 bits per heavy atom. The summed E-state index contributed by atoms with van der Waals surface area (Å²) in [6.07, 6.45) is 1.40. The van der Waals surface area contributed by atoms with E-state index in [4.69, 9.17) is 10.6 Å². The zero-order chi connectivity index (χ0) is 13.1. The van der Waals surface area contributed by atoms with Crippen molar-refractivity contribution < 1.29 is 4.74 Å². The first-order chi connectivity index (χ1) is 9.36. The van der Waals surface area contributed by atoms with E-state index < -0.39 is 0 Å². The maximum Gasteiger partial charge on any atom is 0.224 e. The number of fused-ring (bicyclic) bond motifs is 1. The van der Waals surface area contributed by atoms with Crippen LogP contribution in [-0.4, -0.2) is 9.97 Å². The van der Waals surface area contributed by atoms with Crippen molar-refractivity contribution in [1.82, 2.24) is 9.97 Å². The van der Waals surface area contributed by atoms with Crippen LogP contribution in [0.15, 0.2) is 54.9 Å². The molecule has 0 saturated heterocycles. The molecule has 3 N–H and O–H groups in total. The average Bonchev–Trinajstić information content (AvgIpc) is 2.48. The summed E-state index contributed by atoms with van der Waals surface area (Å²) in [5, 5.41) is 2.15. The normalized spacial score (nSPS) is 10.4. The van der Waals surface area contributed by atoms with E-state index in [1.807, 2.05) is 42.5 Å². The van der Waals surface area contributed by atoms with Crippen molar-refractivity contribution in [2.24, 2.45) is 5.84 Å². The minimum absolute atomic E-state index is 0.444. The molecule has 1 aromatic heterocycles. The first-order valence-electron chi connectivity index (χ1n) is 5.81. The summed E-state index contributed by atoms with van der Waals surface area (Å²) < 4.78 is 5.79. The van der Waals surface area contributed by atoms with Crippen LogP contribution in [0.25, 0.3) is 10.8 Å². The molecule has 0 bridgehead atoms. The van der Waals surface area contributed by atoms with Gasteiger partial charge in [-0.15, -0.1) is 0 Å². The molecule has 0 saturated carbocycles. The highest BCUT2D eigenvalue weighted by atomic mass is 16.5. The number of nitrogens with two attached hydrogens (primary N) is 1. The molecular weight excluding hydrogens is 240 g/mol. The molecule has 3 rings (SSSR count). The number of aromatic nitrogens is 2. The molecule has 0 amide bonds. The Bertz CT molecular complexity index is 709. The van der Waals surface area contributed by atoms with Gasteiger partial charge in [0.25, 0.3) is 0 Å². The lowest BCUT2D eigenvalue weighted by atomic mass is 10.1. The molecule has 0 radical (unpaired) electrons. The lowest BCUT2D eigenvalue weighted by molar-refractivity contribution is 0.467. The van der Waals surface area contributed by atoms with Crippen LogP contribution < -0.4 is 16.0 Å². The SMILES string of the molecule is NNc1cc(Oc2cccc3ccccc23)ncn1. The van der Waals surface area contributed by atoms with Crippen LogP contribution in [0.5, 0.6) is 11.6 Å². The third-order valence-corrected chi connectivity index (χ3v) is 2.75. The lowest BCUT2D eigenvalue weighted by Gasteiger charge is -2.08. The van der Waals surface area contributed by atoms with Gasteiger partial charge in [0, 0.05) is 11.5 Å². The summed E-state index contributed by atoms with van der Waals surface area (Å²) >= 11 is 0. The van der Waals surface area contributed by atoms with E-state index in [1.54, 1.807) is 6.07 Å². The number of ether oxygens (including phenoxy) is 1. The molecule has 19 heavy (non-hydrogen) atoms. The van der Waals surface area contributed by atoms with Gasteiger partial charge in [0.2, 0.25) is 5.88 Å². The van der Waals surface area contributed by atoms with E-state index in [-0.39, 0.29) is 0 Å². The van der Waals surface area contributed by atoms with Crippen LogP contribution in [0, 0.1) is 0 Å². The van der Waals surface area contributed by atoms with Crippen LogP contribution in [0.1, 0.15) is 0 Å². The summed E-state index contributed by atoms with van der Waals surface area (Å²) in [5.41, 5.74) is 2.46. The monoisotopic (exact) mass is 252 g/mol. The molecule has 5 heteroatoms. The predicted octanol–water partition coefficient (Wildman–Crippen LogP) is 2.71. The molecule has 0 aliphatic carbocycles. The molecule has 3 aromatic rings. The van der Waals surface area contributed by atoms with Crippen LogP contribution in [0.4, 0.5) is 5.82 Å². The summed E-state index contributed by atoms with van der Waals surface area (Å²) in [4.78, 5) is 8.00. The highest BCUT2D eigenvalue weighted by Crippen LogP contribution is 2.29. The van der Waals surface area contributed by atoms with Gasteiger partial charge in [0.15, 0.2) is 0 Å². The van der Waals surface area contributed by atoms with Crippen LogP contribution in [-0.2, 0) is 0 Å². The standard InChI is InChI=1S/C14H12N4O/c15-18-13-8-14(17-9-16-13)19-12-7-3-5-10-4-1-2-6-11(10)12/h1-9H,15H2,(H,16,17,18). The second-order valence-electron chi connectivity index (χ2n) is 3.97. The Kier molecular flexibility index (Phi) is 2.96. The Labute approximate surface area is 110 Å². The maximum atomic E-state index is 5.79. The van der Waals surface area contributed by atoms with Gasteiger partial charge < -0.3 is 10.2 Å². The molecule has 2 aromatic carbocycles. The van der Waals surface area contributed by atoms with Gasteiger partial charge >= 0.3 is 0 Å². The number of rotatable bonds is 3. The van der Waals surface area contributed by atoms with Gasteiger partial charge in [-0.25, -0.2) is 15.8 Å². The van der Waals surface area contributed by atoms with Crippen molar-refractivity contribution in [2.75, 3.05) is 5.43 Å². The Morgan fingerprint density at radius 3 is 2.74 bits per heavy atom. The third kappa shape index (κ3) is 2.31. The first kappa shape index (κ1) is 11.4. The average molecular weight is 252 g/mol. The van der Waals surface area contributed by atoms with Crippen LogP contribution in [0.2, 0.25) is 0 Å². The van der Waals surface area contributed by atoms with E-state index in [0.29, 0.717) is 11.7 Å². The van der Waals surface area contributed by atoms with Crippen LogP contribution >= 0.6 is 0 Å². The van der Waals surface area contributed by atoms with Gasteiger partial charge in [-0.1, -0.05) is 36.4 Å². The molecular formula is C14H12N4O. The van der Waals surface area contributed by atoms with Crippen LogP contribution in [0.3, 0.4) is 0 Å². The van der Waals surface area contributed by atoms with Crippen molar-refractivity contribution in [1.29, 1.82) is 0 Å². The molecule has 0 aliphatic rings. The zero-order valence-electron chi connectivity index (χ0n) is 10.1. The molecule has 0 aliphatic heterocycles. The molecule has 1 heterocycles.